The van der Waals surface area contributed by atoms with Crippen LogP contribution in [-0.4, -0.2) is 22.2 Å². The summed E-state index contributed by atoms with van der Waals surface area (Å²) in [6.45, 7) is 5.95. The molecule has 11 heteroatoms. The number of nitrogens with zero attached hydrogens (tertiary/aromatic N) is 3. The van der Waals surface area contributed by atoms with Crippen molar-refractivity contribution in [2.75, 3.05) is 22.2 Å². The number of aromatic nitrogens is 2. The van der Waals surface area contributed by atoms with Crippen molar-refractivity contribution in [3.05, 3.63) is 76.7 Å². The molecule has 35 heavy (non-hydrogen) atoms. The van der Waals surface area contributed by atoms with Crippen LogP contribution in [0.5, 0.6) is 0 Å². The summed E-state index contributed by atoms with van der Waals surface area (Å²) in [4.78, 5) is 13.0. The zero-order chi connectivity index (χ0) is 25.9. The van der Waals surface area contributed by atoms with Crippen molar-refractivity contribution >= 4 is 28.7 Å². The van der Waals surface area contributed by atoms with Crippen molar-refractivity contribution in [1.29, 1.82) is 0 Å². The Bertz CT molecular complexity index is 1260. The maximum atomic E-state index is 13.2. The topological polar surface area (TPSA) is 114 Å². The molecule has 1 heterocycles. The van der Waals surface area contributed by atoms with Gasteiger partial charge in [-0.25, -0.2) is 5.84 Å². The zero-order valence-corrected chi connectivity index (χ0v) is 19.9. The number of alkyl halides is 3. The van der Waals surface area contributed by atoms with Gasteiger partial charge in [0.25, 0.3) is 5.91 Å². The summed E-state index contributed by atoms with van der Waals surface area (Å²) in [5.41, 5.74) is 9.17. The highest BCUT2D eigenvalue weighted by molar-refractivity contribution is 6.06. The summed E-state index contributed by atoms with van der Waals surface area (Å²) in [5.74, 6) is 5.64. The summed E-state index contributed by atoms with van der Waals surface area (Å²) >= 11 is 0. The fraction of sp³-hybridized carbons (Fsp3) is 0.250. The second kappa shape index (κ2) is 10.1. The van der Waals surface area contributed by atoms with Crippen LogP contribution in [0.1, 0.15) is 39.7 Å². The molecule has 0 fully saturated rings. The third-order valence-electron chi connectivity index (χ3n) is 5.54. The SMILES string of the molecule is CCNc1ccc(C(F)(F)F)cc1NC(=O)c1ccc(C)c(N(N)/C=C(\N)c2cnn(C)c2C)c1. The quantitative estimate of drug-likeness (QED) is 0.291. The molecule has 2 aromatic carbocycles. The number of rotatable bonds is 7. The number of benzene rings is 2. The van der Waals surface area contributed by atoms with Crippen LogP contribution in [0, 0.1) is 13.8 Å². The molecular weight excluding hydrogens is 459 g/mol. The van der Waals surface area contributed by atoms with E-state index in [2.05, 4.69) is 15.7 Å². The predicted octanol–water partition coefficient (Wildman–Crippen LogP) is 4.38. The van der Waals surface area contributed by atoms with Gasteiger partial charge < -0.3 is 16.4 Å². The lowest BCUT2D eigenvalue weighted by Crippen LogP contribution is -2.27. The molecule has 3 rings (SSSR count). The molecule has 0 atom stereocenters. The number of nitrogens with two attached hydrogens (primary N) is 2. The number of hydrazine groups is 1. The molecule has 8 nitrogen and oxygen atoms in total. The van der Waals surface area contributed by atoms with Gasteiger partial charge in [0.05, 0.1) is 34.5 Å². The van der Waals surface area contributed by atoms with Gasteiger partial charge in [-0.1, -0.05) is 6.07 Å². The lowest BCUT2D eigenvalue weighted by Gasteiger charge is -2.19. The van der Waals surface area contributed by atoms with Crippen molar-refractivity contribution in [3.8, 4) is 0 Å². The van der Waals surface area contributed by atoms with E-state index in [-0.39, 0.29) is 11.3 Å². The minimum atomic E-state index is -4.54. The predicted molar refractivity (Wildman–Crippen MR) is 132 cm³/mol. The van der Waals surface area contributed by atoms with Crippen LogP contribution in [0.2, 0.25) is 0 Å². The van der Waals surface area contributed by atoms with Crippen LogP contribution in [-0.2, 0) is 13.2 Å². The Morgan fingerprint density at radius 2 is 1.89 bits per heavy atom. The smallest absolute Gasteiger partial charge is 0.397 e. The molecule has 1 aromatic heterocycles. The van der Waals surface area contributed by atoms with E-state index in [0.29, 0.717) is 23.6 Å². The summed E-state index contributed by atoms with van der Waals surface area (Å²) in [6, 6.07) is 7.97. The number of hydrogen-bond donors (Lipinski definition) is 4. The number of carbonyl (C=O) groups is 1. The summed E-state index contributed by atoms with van der Waals surface area (Å²) in [7, 11) is 1.80. The van der Waals surface area contributed by atoms with E-state index in [4.69, 9.17) is 11.6 Å². The van der Waals surface area contributed by atoms with Gasteiger partial charge in [0, 0.05) is 36.6 Å². The Morgan fingerprint density at radius 1 is 1.17 bits per heavy atom. The first kappa shape index (κ1) is 25.6. The van der Waals surface area contributed by atoms with Crippen molar-refractivity contribution in [2.45, 2.75) is 26.9 Å². The van der Waals surface area contributed by atoms with Gasteiger partial charge in [0.2, 0.25) is 0 Å². The van der Waals surface area contributed by atoms with E-state index in [1.807, 2.05) is 13.8 Å². The first-order chi connectivity index (χ1) is 16.4. The molecule has 6 N–H and O–H groups in total. The summed E-state index contributed by atoms with van der Waals surface area (Å²) < 4.78 is 41.3. The van der Waals surface area contributed by atoms with Gasteiger partial charge in [0.1, 0.15) is 0 Å². The van der Waals surface area contributed by atoms with E-state index in [1.165, 1.54) is 17.3 Å². The number of halogens is 3. The zero-order valence-electron chi connectivity index (χ0n) is 19.9. The van der Waals surface area contributed by atoms with Gasteiger partial charge >= 0.3 is 6.18 Å². The molecule has 0 unspecified atom stereocenters. The molecule has 0 aliphatic heterocycles. The average molecular weight is 488 g/mol. The van der Waals surface area contributed by atoms with E-state index in [1.54, 1.807) is 43.0 Å². The second-order valence-electron chi connectivity index (χ2n) is 8.00. The van der Waals surface area contributed by atoms with Gasteiger partial charge in [-0.3, -0.25) is 14.5 Å². The Balaban J connectivity index is 1.90. The number of carbonyl (C=O) groups excluding carboxylic acids is 1. The molecule has 0 bridgehead atoms. The third kappa shape index (κ3) is 5.75. The van der Waals surface area contributed by atoms with Crippen LogP contribution in [0.25, 0.3) is 5.70 Å². The first-order valence-corrected chi connectivity index (χ1v) is 10.8. The molecule has 0 aliphatic rings. The average Bonchev–Trinajstić information content (AvgIpc) is 3.12. The minimum absolute atomic E-state index is 0.0228. The number of aryl methyl sites for hydroxylation is 2. The maximum Gasteiger partial charge on any atom is 0.416 e. The van der Waals surface area contributed by atoms with Gasteiger partial charge in [-0.15, -0.1) is 0 Å². The lowest BCUT2D eigenvalue weighted by molar-refractivity contribution is -0.137. The molecule has 3 aromatic rings. The van der Waals surface area contributed by atoms with Crippen molar-refractivity contribution in [1.82, 2.24) is 9.78 Å². The van der Waals surface area contributed by atoms with Gasteiger partial charge in [-0.2, -0.15) is 18.3 Å². The third-order valence-corrected chi connectivity index (χ3v) is 5.54. The number of anilines is 3. The van der Waals surface area contributed by atoms with Gasteiger partial charge in [0.15, 0.2) is 0 Å². The monoisotopic (exact) mass is 487 g/mol. The number of hydrogen-bond acceptors (Lipinski definition) is 6. The molecule has 0 saturated carbocycles. The number of nitrogens with one attached hydrogen (secondary N) is 2. The first-order valence-electron chi connectivity index (χ1n) is 10.8. The number of amides is 1. The largest absolute Gasteiger partial charge is 0.416 e. The molecule has 1 amide bonds. The second-order valence-corrected chi connectivity index (χ2v) is 8.00. The Morgan fingerprint density at radius 3 is 2.49 bits per heavy atom. The van der Waals surface area contributed by atoms with Gasteiger partial charge in [-0.05, 0) is 56.7 Å². The van der Waals surface area contributed by atoms with Crippen LogP contribution >= 0.6 is 0 Å². The van der Waals surface area contributed by atoms with Crippen molar-refractivity contribution < 1.29 is 18.0 Å². The van der Waals surface area contributed by atoms with E-state index in [9.17, 15) is 18.0 Å². The van der Waals surface area contributed by atoms with Crippen molar-refractivity contribution in [3.63, 3.8) is 0 Å². The molecule has 186 valence electrons. The highest BCUT2D eigenvalue weighted by Crippen LogP contribution is 2.34. The molecule has 0 saturated heterocycles. The summed E-state index contributed by atoms with van der Waals surface area (Å²) in [6.07, 6.45) is -1.40. The van der Waals surface area contributed by atoms with Crippen LogP contribution in [0.15, 0.2) is 48.8 Å². The highest BCUT2D eigenvalue weighted by Gasteiger charge is 2.31. The fourth-order valence-electron chi connectivity index (χ4n) is 3.46. The lowest BCUT2D eigenvalue weighted by atomic mass is 10.1. The minimum Gasteiger partial charge on any atom is -0.397 e. The molecular formula is C24H28F3N7O. The molecule has 0 radical (unpaired) electrons. The normalized spacial score (nSPS) is 11.9. The van der Waals surface area contributed by atoms with Crippen LogP contribution in [0.3, 0.4) is 0 Å². The molecule has 0 spiro atoms. The fourth-order valence-corrected chi connectivity index (χ4v) is 3.46. The van der Waals surface area contributed by atoms with Crippen molar-refractivity contribution in [2.24, 2.45) is 18.6 Å². The standard InChI is InChI=1S/C24H28F3N7O/c1-5-30-20-9-8-17(24(25,26)27)11-21(20)32-23(35)16-7-6-14(2)22(10-16)34(29)13-19(28)18-12-31-33(4)15(18)3/h6-13,30H,5,28-29H2,1-4H3,(H,32,35)/b19-13-. The summed E-state index contributed by atoms with van der Waals surface area (Å²) in [5, 5.41) is 11.0. The van der Waals surface area contributed by atoms with Crippen LogP contribution in [0.4, 0.5) is 30.2 Å². The maximum absolute atomic E-state index is 13.2. The van der Waals surface area contributed by atoms with E-state index < -0.39 is 17.6 Å². The molecule has 0 aliphatic carbocycles. The Labute approximate surface area is 201 Å². The highest BCUT2D eigenvalue weighted by atomic mass is 19.4. The Kier molecular flexibility index (Phi) is 7.39. The van der Waals surface area contributed by atoms with E-state index in [0.717, 1.165) is 29.0 Å². The Hall–Kier alpha value is -3.99. The van der Waals surface area contributed by atoms with E-state index >= 15 is 0 Å². The van der Waals surface area contributed by atoms with Crippen LogP contribution < -0.4 is 27.2 Å².